The number of ether oxygens (including phenoxy) is 2. The molecule has 5 atom stereocenters. The van der Waals surface area contributed by atoms with Gasteiger partial charge in [0.2, 0.25) is 0 Å². The van der Waals surface area contributed by atoms with Crippen LogP contribution in [0, 0.1) is 5.92 Å². The molecule has 1 aliphatic heterocycles. The zero-order valence-corrected chi connectivity index (χ0v) is 11.8. The minimum atomic E-state index is -0.180. The third-order valence-corrected chi connectivity index (χ3v) is 4.79. The molecule has 2 fully saturated rings. The van der Waals surface area contributed by atoms with Crippen LogP contribution in [0.1, 0.15) is 32.6 Å². The number of aliphatic hydroxyl groups is 1. The fourth-order valence-corrected chi connectivity index (χ4v) is 3.47. The van der Waals surface area contributed by atoms with E-state index in [0.29, 0.717) is 6.04 Å². The Balaban J connectivity index is 1.98. The summed E-state index contributed by atoms with van der Waals surface area (Å²) in [6.07, 6.45) is 4.55. The zero-order chi connectivity index (χ0) is 13.1. The molecule has 2 rings (SSSR count). The molecule has 4 nitrogen and oxygen atoms in total. The Labute approximate surface area is 110 Å². The highest BCUT2D eigenvalue weighted by atomic mass is 16.5. The third kappa shape index (κ3) is 2.87. The van der Waals surface area contributed by atoms with Crippen LogP contribution in [-0.2, 0) is 9.47 Å². The van der Waals surface area contributed by atoms with Crippen LogP contribution < -0.4 is 0 Å². The Bertz CT molecular complexity index is 249. The molecule has 2 aliphatic rings. The number of aliphatic hydroxyl groups excluding tert-OH is 1. The molecule has 0 aromatic rings. The Hall–Kier alpha value is -0.160. The molecule has 0 amide bonds. The van der Waals surface area contributed by atoms with Gasteiger partial charge in [0.1, 0.15) is 0 Å². The highest BCUT2D eigenvalue weighted by molar-refractivity contribution is 4.94. The lowest BCUT2D eigenvalue weighted by atomic mass is 9.82. The van der Waals surface area contributed by atoms with Gasteiger partial charge in [0, 0.05) is 33.4 Å². The number of hydrogen-bond acceptors (Lipinski definition) is 4. The predicted molar refractivity (Wildman–Crippen MR) is 70.6 cm³/mol. The summed E-state index contributed by atoms with van der Waals surface area (Å²) < 4.78 is 11.0. The molecule has 1 saturated heterocycles. The molecule has 1 saturated carbocycles. The normalized spacial score (nSPS) is 42.3. The Morgan fingerprint density at radius 1 is 1.11 bits per heavy atom. The van der Waals surface area contributed by atoms with Gasteiger partial charge in [-0.1, -0.05) is 13.3 Å². The highest BCUT2D eigenvalue weighted by Gasteiger charge is 2.40. The molecule has 1 aliphatic carbocycles. The number of hydrogen-bond donors (Lipinski definition) is 1. The molecule has 0 bridgehead atoms. The van der Waals surface area contributed by atoms with Crippen LogP contribution >= 0.6 is 0 Å². The quantitative estimate of drug-likeness (QED) is 0.823. The molecular formula is C14H27NO3. The number of rotatable bonds is 4. The third-order valence-electron chi connectivity index (χ3n) is 4.79. The molecule has 106 valence electrons. The maximum atomic E-state index is 10.2. The molecular weight excluding hydrogens is 230 g/mol. The van der Waals surface area contributed by atoms with Gasteiger partial charge in [-0.25, -0.2) is 0 Å². The van der Waals surface area contributed by atoms with Gasteiger partial charge in [-0.3, -0.25) is 4.90 Å². The summed E-state index contributed by atoms with van der Waals surface area (Å²) in [5, 5.41) is 10.2. The average molecular weight is 257 g/mol. The van der Waals surface area contributed by atoms with Crippen molar-refractivity contribution in [1.82, 2.24) is 4.90 Å². The van der Waals surface area contributed by atoms with Gasteiger partial charge in [0.15, 0.2) is 0 Å². The van der Waals surface area contributed by atoms with Crippen molar-refractivity contribution in [2.24, 2.45) is 5.92 Å². The lowest BCUT2D eigenvalue weighted by Gasteiger charge is -2.38. The van der Waals surface area contributed by atoms with E-state index in [9.17, 15) is 5.11 Å². The maximum absolute atomic E-state index is 10.2. The second-order valence-corrected chi connectivity index (χ2v) is 5.72. The first kappa shape index (κ1) is 14.3. The lowest BCUT2D eigenvalue weighted by Crippen LogP contribution is -2.46. The van der Waals surface area contributed by atoms with Gasteiger partial charge in [-0.05, 0) is 25.2 Å². The molecule has 5 unspecified atom stereocenters. The van der Waals surface area contributed by atoms with Gasteiger partial charge in [-0.2, -0.15) is 0 Å². The van der Waals surface area contributed by atoms with Crippen LogP contribution in [0.3, 0.4) is 0 Å². The first-order valence-electron chi connectivity index (χ1n) is 7.17. The predicted octanol–water partition coefficient (Wildman–Crippen LogP) is 1.27. The zero-order valence-electron chi connectivity index (χ0n) is 11.8. The first-order chi connectivity index (χ1) is 8.69. The van der Waals surface area contributed by atoms with E-state index in [2.05, 4.69) is 11.8 Å². The van der Waals surface area contributed by atoms with Gasteiger partial charge in [0.25, 0.3) is 0 Å². The molecule has 1 N–H and O–H groups in total. The summed E-state index contributed by atoms with van der Waals surface area (Å²) in [7, 11) is 3.48. The Morgan fingerprint density at radius 2 is 1.72 bits per heavy atom. The average Bonchev–Trinajstić information content (AvgIpc) is 2.82. The monoisotopic (exact) mass is 257 g/mol. The van der Waals surface area contributed by atoms with Crippen molar-refractivity contribution in [3.8, 4) is 0 Å². The summed E-state index contributed by atoms with van der Waals surface area (Å²) in [5.74, 6) is 0.765. The topological polar surface area (TPSA) is 41.9 Å². The maximum Gasteiger partial charge on any atom is 0.0971 e. The molecule has 0 radical (unpaired) electrons. The molecule has 4 heteroatoms. The van der Waals surface area contributed by atoms with Crippen LogP contribution in [0.4, 0.5) is 0 Å². The molecule has 0 aromatic heterocycles. The summed E-state index contributed by atoms with van der Waals surface area (Å²) in [6.45, 7) is 4.01. The Morgan fingerprint density at radius 3 is 2.22 bits per heavy atom. The van der Waals surface area contributed by atoms with Gasteiger partial charge in [0.05, 0.1) is 18.3 Å². The SMILES string of the molecule is CCC1CCC(O)C(N2CC(OC)C(OC)C2)C1. The van der Waals surface area contributed by atoms with E-state index >= 15 is 0 Å². The summed E-state index contributed by atoms with van der Waals surface area (Å²) in [6, 6.07) is 0.293. The van der Waals surface area contributed by atoms with Crippen LogP contribution in [0.5, 0.6) is 0 Å². The molecule has 0 spiro atoms. The number of methoxy groups -OCH3 is 2. The molecule has 0 aromatic carbocycles. The van der Waals surface area contributed by atoms with Gasteiger partial charge in [-0.15, -0.1) is 0 Å². The van der Waals surface area contributed by atoms with Crippen molar-refractivity contribution >= 4 is 0 Å². The van der Waals surface area contributed by atoms with E-state index in [1.54, 1.807) is 14.2 Å². The van der Waals surface area contributed by atoms with Crippen LogP contribution in [0.15, 0.2) is 0 Å². The van der Waals surface area contributed by atoms with Crippen molar-refractivity contribution in [2.75, 3.05) is 27.3 Å². The fraction of sp³-hybridized carbons (Fsp3) is 1.00. The van der Waals surface area contributed by atoms with E-state index in [0.717, 1.165) is 31.8 Å². The number of likely N-dealkylation sites (tertiary alicyclic amines) is 1. The minimum Gasteiger partial charge on any atom is -0.391 e. The summed E-state index contributed by atoms with van der Waals surface area (Å²) >= 11 is 0. The lowest BCUT2D eigenvalue weighted by molar-refractivity contribution is -0.00461. The minimum absolute atomic E-state index is 0.143. The summed E-state index contributed by atoms with van der Waals surface area (Å²) in [4.78, 5) is 2.37. The number of nitrogens with zero attached hydrogens (tertiary/aromatic N) is 1. The molecule has 1 heterocycles. The van der Waals surface area contributed by atoms with Crippen LogP contribution in [0.25, 0.3) is 0 Å². The largest absolute Gasteiger partial charge is 0.391 e. The van der Waals surface area contributed by atoms with E-state index in [1.807, 2.05) is 0 Å². The van der Waals surface area contributed by atoms with E-state index < -0.39 is 0 Å². The van der Waals surface area contributed by atoms with Crippen molar-refractivity contribution in [1.29, 1.82) is 0 Å². The van der Waals surface area contributed by atoms with Crippen molar-refractivity contribution < 1.29 is 14.6 Å². The highest BCUT2D eigenvalue weighted by Crippen LogP contribution is 2.32. The van der Waals surface area contributed by atoms with Crippen LogP contribution in [-0.4, -0.2) is 61.7 Å². The second kappa shape index (κ2) is 6.33. The van der Waals surface area contributed by atoms with Gasteiger partial charge < -0.3 is 14.6 Å². The smallest absolute Gasteiger partial charge is 0.0971 e. The second-order valence-electron chi connectivity index (χ2n) is 5.72. The van der Waals surface area contributed by atoms with Crippen molar-refractivity contribution in [3.05, 3.63) is 0 Å². The van der Waals surface area contributed by atoms with E-state index in [4.69, 9.17) is 9.47 Å². The van der Waals surface area contributed by atoms with Gasteiger partial charge >= 0.3 is 0 Å². The summed E-state index contributed by atoms with van der Waals surface area (Å²) in [5.41, 5.74) is 0. The van der Waals surface area contributed by atoms with E-state index in [-0.39, 0.29) is 18.3 Å². The fourth-order valence-electron chi connectivity index (χ4n) is 3.47. The molecule has 18 heavy (non-hydrogen) atoms. The van der Waals surface area contributed by atoms with Crippen molar-refractivity contribution in [2.45, 2.75) is 57.0 Å². The van der Waals surface area contributed by atoms with Crippen molar-refractivity contribution in [3.63, 3.8) is 0 Å². The first-order valence-corrected chi connectivity index (χ1v) is 7.17. The standard InChI is InChI=1S/C14H27NO3/c1-4-10-5-6-12(16)11(7-10)15-8-13(17-2)14(9-15)18-3/h10-14,16H,4-9H2,1-3H3. The van der Waals surface area contributed by atoms with Crippen LogP contribution in [0.2, 0.25) is 0 Å². The Kier molecular flexibility index (Phi) is 5.01. The van der Waals surface area contributed by atoms with E-state index in [1.165, 1.54) is 12.8 Å².